The van der Waals surface area contributed by atoms with Gasteiger partial charge >= 0.3 is 18.3 Å². The number of imidazole rings is 1. The van der Waals surface area contributed by atoms with Gasteiger partial charge in [0.1, 0.15) is 17.4 Å². The van der Waals surface area contributed by atoms with E-state index in [4.69, 9.17) is 9.90 Å². The molecular weight excluding hydrogens is 494 g/mol. The van der Waals surface area contributed by atoms with Crippen LogP contribution in [0.2, 0.25) is 0 Å². The van der Waals surface area contributed by atoms with Crippen LogP contribution in [0.25, 0.3) is 22.3 Å². The van der Waals surface area contributed by atoms with Crippen LogP contribution in [-0.2, 0) is 17.5 Å². The lowest BCUT2D eigenvalue weighted by molar-refractivity contribution is -0.192. The molecule has 4 rings (SSSR count). The minimum atomic E-state index is -5.08. The standard InChI is InChI=1S/C20H13F3N6.C2HF3O2/c21-20(22,23)13-3-1-2-12(8-13)15-9-16-19(17(10-24)27-15)29-18(28-16)11-26-14-4-6-25-7-5-14;3-2(4,5)1(6)7/h1-9H,11H2,(H,25,26)(H,28,29);(H,6,7). The zero-order chi connectivity index (χ0) is 26.5. The number of aromatic nitrogens is 4. The Balaban J connectivity index is 0.000000454. The van der Waals surface area contributed by atoms with E-state index >= 15 is 0 Å². The maximum absolute atomic E-state index is 13.0. The number of H-pyrrole nitrogens is 1. The number of alkyl halides is 6. The van der Waals surface area contributed by atoms with E-state index in [2.05, 4.69) is 25.3 Å². The summed E-state index contributed by atoms with van der Waals surface area (Å²) in [5.74, 6) is -2.19. The molecule has 3 N–H and O–H groups in total. The lowest BCUT2D eigenvalue weighted by Gasteiger charge is -2.08. The van der Waals surface area contributed by atoms with Crippen molar-refractivity contribution in [2.75, 3.05) is 5.32 Å². The molecular formula is C22H14F6N6O2. The molecule has 8 nitrogen and oxygen atoms in total. The van der Waals surface area contributed by atoms with Gasteiger partial charge in [0.05, 0.1) is 23.3 Å². The predicted molar refractivity (Wildman–Crippen MR) is 114 cm³/mol. The number of nitriles is 1. The van der Waals surface area contributed by atoms with Crippen molar-refractivity contribution in [1.29, 1.82) is 5.26 Å². The number of benzene rings is 1. The summed E-state index contributed by atoms with van der Waals surface area (Å²) in [6.07, 6.45) is -6.24. The number of carbonyl (C=O) groups is 1. The Morgan fingerprint density at radius 2 is 1.72 bits per heavy atom. The van der Waals surface area contributed by atoms with Gasteiger partial charge in [0.15, 0.2) is 5.69 Å². The van der Waals surface area contributed by atoms with Gasteiger partial charge in [-0.1, -0.05) is 12.1 Å². The number of pyridine rings is 2. The van der Waals surface area contributed by atoms with Gasteiger partial charge < -0.3 is 15.4 Å². The Kier molecular flexibility index (Phi) is 7.42. The number of carboxylic acid groups (broad SMARTS) is 1. The Morgan fingerprint density at radius 1 is 1.06 bits per heavy atom. The fourth-order valence-electron chi connectivity index (χ4n) is 2.89. The molecule has 0 radical (unpaired) electrons. The van der Waals surface area contributed by atoms with E-state index in [1.165, 1.54) is 12.1 Å². The Labute approximate surface area is 198 Å². The predicted octanol–water partition coefficient (Wildman–Crippen LogP) is 5.16. The lowest BCUT2D eigenvalue weighted by Crippen LogP contribution is -2.21. The quantitative estimate of drug-likeness (QED) is 0.325. The highest BCUT2D eigenvalue weighted by Gasteiger charge is 2.38. The highest BCUT2D eigenvalue weighted by atomic mass is 19.4. The molecule has 0 bridgehead atoms. The number of nitrogens with zero attached hydrogens (tertiary/aromatic N) is 4. The Morgan fingerprint density at radius 3 is 2.31 bits per heavy atom. The molecule has 0 aliphatic heterocycles. The van der Waals surface area contributed by atoms with Crippen LogP contribution in [0.1, 0.15) is 17.1 Å². The van der Waals surface area contributed by atoms with E-state index in [0.717, 1.165) is 17.8 Å². The van der Waals surface area contributed by atoms with Gasteiger partial charge in [0.2, 0.25) is 0 Å². The van der Waals surface area contributed by atoms with Crippen molar-refractivity contribution < 1.29 is 36.2 Å². The topological polar surface area (TPSA) is 128 Å². The molecule has 1 aromatic carbocycles. The van der Waals surface area contributed by atoms with Crippen molar-refractivity contribution >= 4 is 22.7 Å². The number of halogens is 6. The minimum Gasteiger partial charge on any atom is -0.475 e. The van der Waals surface area contributed by atoms with Crippen LogP contribution < -0.4 is 5.32 Å². The molecule has 186 valence electrons. The third-order valence-electron chi connectivity index (χ3n) is 4.49. The first-order valence-corrected chi connectivity index (χ1v) is 9.80. The summed E-state index contributed by atoms with van der Waals surface area (Å²) in [6.45, 7) is 0.364. The summed E-state index contributed by atoms with van der Waals surface area (Å²) in [5.41, 5.74) is 1.54. The summed E-state index contributed by atoms with van der Waals surface area (Å²) in [7, 11) is 0. The van der Waals surface area contributed by atoms with Crippen molar-refractivity contribution in [2.45, 2.75) is 18.9 Å². The van der Waals surface area contributed by atoms with Crippen LogP contribution in [0.15, 0.2) is 54.9 Å². The van der Waals surface area contributed by atoms with Gasteiger partial charge in [-0.15, -0.1) is 0 Å². The zero-order valence-corrected chi connectivity index (χ0v) is 17.8. The van der Waals surface area contributed by atoms with Crippen LogP contribution in [-0.4, -0.2) is 37.2 Å². The normalized spacial score (nSPS) is 11.4. The molecule has 3 aromatic heterocycles. The second kappa shape index (κ2) is 10.3. The summed E-state index contributed by atoms with van der Waals surface area (Å²) >= 11 is 0. The van der Waals surface area contributed by atoms with Crippen molar-refractivity contribution in [1.82, 2.24) is 19.9 Å². The molecule has 0 atom stereocenters. The van der Waals surface area contributed by atoms with Crippen LogP contribution in [0.4, 0.5) is 32.0 Å². The molecule has 0 fully saturated rings. The molecule has 4 aromatic rings. The smallest absolute Gasteiger partial charge is 0.475 e. The maximum Gasteiger partial charge on any atom is 0.490 e. The number of anilines is 1. The van der Waals surface area contributed by atoms with Gasteiger partial charge in [-0.05, 0) is 30.3 Å². The number of aromatic amines is 1. The van der Waals surface area contributed by atoms with Gasteiger partial charge in [-0.2, -0.15) is 31.6 Å². The summed E-state index contributed by atoms with van der Waals surface area (Å²) < 4.78 is 70.8. The number of aliphatic carboxylic acids is 1. The summed E-state index contributed by atoms with van der Waals surface area (Å²) in [6, 6.07) is 12.0. The first-order chi connectivity index (χ1) is 16.9. The first kappa shape index (κ1) is 25.9. The molecule has 0 unspecified atom stereocenters. The van der Waals surface area contributed by atoms with E-state index in [9.17, 15) is 31.6 Å². The van der Waals surface area contributed by atoms with E-state index in [1.54, 1.807) is 30.6 Å². The Bertz CT molecular complexity index is 1410. The molecule has 0 saturated heterocycles. The zero-order valence-electron chi connectivity index (χ0n) is 17.8. The SMILES string of the molecule is N#Cc1nc(-c2cccc(C(F)(F)F)c2)cc2[nH]c(CNc3ccncc3)nc12.O=C(O)C(F)(F)F. The number of nitrogens with one attached hydrogen (secondary N) is 2. The van der Waals surface area contributed by atoms with Crippen molar-refractivity contribution in [3.63, 3.8) is 0 Å². The molecule has 0 amide bonds. The van der Waals surface area contributed by atoms with Gasteiger partial charge in [-0.25, -0.2) is 14.8 Å². The monoisotopic (exact) mass is 508 g/mol. The maximum atomic E-state index is 13.0. The highest BCUT2D eigenvalue weighted by Crippen LogP contribution is 2.32. The van der Waals surface area contributed by atoms with E-state index in [0.29, 0.717) is 23.4 Å². The Hall–Kier alpha value is -4.67. The molecule has 14 heteroatoms. The van der Waals surface area contributed by atoms with Crippen molar-refractivity contribution in [3.05, 3.63) is 71.9 Å². The number of rotatable bonds is 4. The fourth-order valence-corrected chi connectivity index (χ4v) is 2.89. The number of fused-ring (bicyclic) bond motifs is 1. The number of hydrogen-bond acceptors (Lipinski definition) is 6. The first-order valence-electron chi connectivity index (χ1n) is 9.80. The number of carboxylic acids is 1. The average molecular weight is 508 g/mol. The van der Waals surface area contributed by atoms with Crippen LogP contribution in [0.3, 0.4) is 0 Å². The second-order valence-electron chi connectivity index (χ2n) is 7.02. The van der Waals surface area contributed by atoms with E-state index in [1.807, 2.05) is 6.07 Å². The molecule has 0 spiro atoms. The van der Waals surface area contributed by atoms with Gasteiger partial charge in [-0.3, -0.25) is 4.98 Å². The van der Waals surface area contributed by atoms with Gasteiger partial charge in [0, 0.05) is 23.6 Å². The van der Waals surface area contributed by atoms with Crippen LogP contribution in [0, 0.1) is 11.3 Å². The van der Waals surface area contributed by atoms with E-state index in [-0.39, 0.29) is 17.0 Å². The van der Waals surface area contributed by atoms with Crippen LogP contribution in [0.5, 0.6) is 0 Å². The molecule has 0 saturated carbocycles. The molecule has 0 aliphatic carbocycles. The largest absolute Gasteiger partial charge is 0.490 e. The third kappa shape index (κ3) is 6.47. The van der Waals surface area contributed by atoms with Crippen molar-refractivity contribution in [3.8, 4) is 17.3 Å². The fraction of sp³-hybridized carbons (Fsp3) is 0.136. The van der Waals surface area contributed by atoms with Gasteiger partial charge in [0.25, 0.3) is 0 Å². The van der Waals surface area contributed by atoms with E-state index < -0.39 is 23.9 Å². The highest BCUT2D eigenvalue weighted by molar-refractivity contribution is 5.84. The molecule has 36 heavy (non-hydrogen) atoms. The average Bonchev–Trinajstić information content (AvgIpc) is 3.25. The molecule has 3 heterocycles. The van der Waals surface area contributed by atoms with Crippen molar-refractivity contribution in [2.24, 2.45) is 0 Å². The lowest BCUT2D eigenvalue weighted by atomic mass is 10.1. The van der Waals surface area contributed by atoms with Crippen LogP contribution >= 0.6 is 0 Å². The summed E-state index contributed by atoms with van der Waals surface area (Å²) in [4.78, 5) is 24.5. The minimum absolute atomic E-state index is 0.0429. The third-order valence-corrected chi connectivity index (χ3v) is 4.49. The molecule has 0 aliphatic rings. The second-order valence-corrected chi connectivity index (χ2v) is 7.02. The summed E-state index contributed by atoms with van der Waals surface area (Å²) in [5, 5.41) is 19.7. The number of hydrogen-bond donors (Lipinski definition) is 3.